The minimum atomic E-state index is -4.90. The molecule has 2 aromatic rings. The third-order valence-electron chi connectivity index (χ3n) is 4.02. The zero-order valence-electron chi connectivity index (χ0n) is 13.4. The minimum Gasteiger partial charge on any atom is -0.489 e. The van der Waals surface area contributed by atoms with Crippen LogP contribution in [0.1, 0.15) is 28.7 Å². The van der Waals surface area contributed by atoms with Crippen molar-refractivity contribution in [1.82, 2.24) is 0 Å². The SMILES string of the molecule is FC(F)(F)c1ccc(COc2ccc3c(c2)SCCC3)c(C(F)(F)F)c1. The maximum atomic E-state index is 13.1. The lowest BCUT2D eigenvalue weighted by atomic mass is 10.0. The van der Waals surface area contributed by atoms with Crippen LogP contribution in [0.2, 0.25) is 0 Å². The summed E-state index contributed by atoms with van der Waals surface area (Å²) in [7, 11) is 0. The van der Waals surface area contributed by atoms with E-state index in [1.165, 1.54) is 5.56 Å². The first-order valence-electron chi connectivity index (χ1n) is 7.80. The van der Waals surface area contributed by atoms with Crippen molar-refractivity contribution in [3.05, 3.63) is 58.7 Å². The molecule has 0 spiro atoms. The molecule has 0 unspecified atom stereocenters. The van der Waals surface area contributed by atoms with E-state index in [0.29, 0.717) is 11.8 Å². The van der Waals surface area contributed by atoms with Crippen LogP contribution in [0.15, 0.2) is 41.3 Å². The number of hydrogen-bond donors (Lipinski definition) is 0. The topological polar surface area (TPSA) is 9.23 Å². The fraction of sp³-hybridized carbons (Fsp3) is 0.333. The highest BCUT2D eigenvalue weighted by atomic mass is 32.2. The van der Waals surface area contributed by atoms with E-state index in [1.807, 2.05) is 6.07 Å². The van der Waals surface area contributed by atoms with Crippen LogP contribution in [0.3, 0.4) is 0 Å². The van der Waals surface area contributed by atoms with Crippen LogP contribution in [-0.4, -0.2) is 5.75 Å². The Kier molecular flexibility index (Phi) is 5.14. The molecule has 0 atom stereocenters. The zero-order chi connectivity index (χ0) is 18.9. The summed E-state index contributed by atoms with van der Waals surface area (Å²) < 4.78 is 82.9. The van der Waals surface area contributed by atoms with Gasteiger partial charge in [0.15, 0.2) is 0 Å². The molecule has 1 heterocycles. The Labute approximate surface area is 150 Å². The van der Waals surface area contributed by atoms with Gasteiger partial charge in [0, 0.05) is 10.5 Å². The average Bonchev–Trinajstić information content (AvgIpc) is 2.58. The lowest BCUT2D eigenvalue weighted by molar-refractivity contribution is -0.143. The minimum absolute atomic E-state index is 0.126. The number of hydrogen-bond acceptors (Lipinski definition) is 2. The second-order valence-corrected chi connectivity index (χ2v) is 7.01. The lowest BCUT2D eigenvalue weighted by Gasteiger charge is -2.18. The highest BCUT2D eigenvalue weighted by molar-refractivity contribution is 7.99. The summed E-state index contributed by atoms with van der Waals surface area (Å²) in [6.45, 7) is -0.462. The van der Waals surface area contributed by atoms with Crippen LogP contribution in [0, 0.1) is 0 Å². The monoisotopic (exact) mass is 392 g/mol. The van der Waals surface area contributed by atoms with Crippen molar-refractivity contribution in [1.29, 1.82) is 0 Å². The van der Waals surface area contributed by atoms with Gasteiger partial charge in [-0.05, 0) is 48.4 Å². The van der Waals surface area contributed by atoms with E-state index in [-0.39, 0.29) is 11.6 Å². The van der Waals surface area contributed by atoms with Gasteiger partial charge in [-0.15, -0.1) is 11.8 Å². The van der Waals surface area contributed by atoms with E-state index < -0.39 is 30.1 Å². The number of halogens is 6. The smallest absolute Gasteiger partial charge is 0.416 e. The van der Waals surface area contributed by atoms with E-state index in [9.17, 15) is 26.3 Å². The maximum Gasteiger partial charge on any atom is 0.416 e. The van der Waals surface area contributed by atoms with Crippen LogP contribution < -0.4 is 4.74 Å². The molecule has 0 amide bonds. The predicted molar refractivity (Wildman–Crippen MR) is 86.3 cm³/mol. The van der Waals surface area contributed by atoms with E-state index in [4.69, 9.17) is 4.74 Å². The van der Waals surface area contributed by atoms with Gasteiger partial charge in [-0.1, -0.05) is 12.1 Å². The lowest BCUT2D eigenvalue weighted by Crippen LogP contribution is -2.14. The summed E-state index contributed by atoms with van der Waals surface area (Å²) in [6, 6.07) is 6.88. The molecule has 0 aliphatic carbocycles. The van der Waals surface area contributed by atoms with Crippen molar-refractivity contribution in [3.8, 4) is 5.75 Å². The van der Waals surface area contributed by atoms with Gasteiger partial charge in [-0.2, -0.15) is 26.3 Å². The number of rotatable bonds is 3. The van der Waals surface area contributed by atoms with Crippen molar-refractivity contribution in [2.24, 2.45) is 0 Å². The third kappa shape index (κ3) is 4.28. The largest absolute Gasteiger partial charge is 0.489 e. The van der Waals surface area contributed by atoms with Crippen molar-refractivity contribution >= 4 is 11.8 Å². The van der Waals surface area contributed by atoms with Crippen LogP contribution in [0.4, 0.5) is 26.3 Å². The molecule has 140 valence electrons. The highest BCUT2D eigenvalue weighted by Crippen LogP contribution is 2.38. The fourth-order valence-electron chi connectivity index (χ4n) is 2.71. The molecule has 0 bridgehead atoms. The van der Waals surface area contributed by atoms with E-state index in [2.05, 4.69) is 0 Å². The Morgan fingerprint density at radius 1 is 0.923 bits per heavy atom. The third-order valence-corrected chi connectivity index (χ3v) is 5.21. The second kappa shape index (κ2) is 7.06. The van der Waals surface area contributed by atoms with Gasteiger partial charge in [0.2, 0.25) is 0 Å². The standard InChI is InChI=1S/C18H14F6OS/c19-17(20,21)13-5-3-12(15(8-13)18(22,23)24)10-25-14-6-4-11-2-1-7-26-16(11)9-14/h3-6,8-9H,1-2,7,10H2. The summed E-state index contributed by atoms with van der Waals surface area (Å²) >= 11 is 1.65. The molecule has 2 aromatic carbocycles. The molecule has 1 nitrogen and oxygen atoms in total. The van der Waals surface area contributed by atoms with Crippen LogP contribution in [0.5, 0.6) is 5.75 Å². The average molecular weight is 392 g/mol. The summed E-state index contributed by atoms with van der Waals surface area (Å²) in [6.07, 6.45) is -7.72. The summed E-state index contributed by atoms with van der Waals surface area (Å²) in [5.74, 6) is 1.36. The normalized spacial score (nSPS) is 14.8. The van der Waals surface area contributed by atoms with E-state index in [0.717, 1.165) is 29.6 Å². The van der Waals surface area contributed by atoms with E-state index in [1.54, 1.807) is 23.9 Å². The quantitative estimate of drug-likeness (QED) is 0.564. The highest BCUT2D eigenvalue weighted by Gasteiger charge is 2.38. The number of alkyl halides is 6. The first kappa shape index (κ1) is 18.9. The first-order valence-corrected chi connectivity index (χ1v) is 8.79. The van der Waals surface area contributed by atoms with Crippen molar-refractivity contribution in [3.63, 3.8) is 0 Å². The maximum absolute atomic E-state index is 13.1. The Bertz CT molecular complexity index is 797. The van der Waals surface area contributed by atoms with Crippen LogP contribution in [0.25, 0.3) is 0 Å². The first-order chi connectivity index (χ1) is 12.1. The summed E-state index contributed by atoms with van der Waals surface area (Å²) in [5.41, 5.74) is -1.84. The number of benzene rings is 2. The van der Waals surface area contributed by atoms with Gasteiger partial charge < -0.3 is 4.74 Å². The molecule has 0 fully saturated rings. The van der Waals surface area contributed by atoms with Gasteiger partial charge in [0.05, 0.1) is 11.1 Å². The molecular formula is C18H14F6OS. The molecule has 26 heavy (non-hydrogen) atoms. The molecule has 0 aromatic heterocycles. The molecule has 0 N–H and O–H groups in total. The van der Waals surface area contributed by atoms with Crippen LogP contribution >= 0.6 is 11.8 Å². The molecule has 1 aliphatic heterocycles. The number of aryl methyl sites for hydroxylation is 1. The van der Waals surface area contributed by atoms with E-state index >= 15 is 0 Å². The Morgan fingerprint density at radius 2 is 1.69 bits per heavy atom. The molecule has 8 heteroatoms. The van der Waals surface area contributed by atoms with Gasteiger partial charge in [-0.3, -0.25) is 0 Å². The second-order valence-electron chi connectivity index (χ2n) is 5.88. The number of ether oxygens (including phenoxy) is 1. The summed E-state index contributed by atoms with van der Waals surface area (Å²) in [4.78, 5) is 1.03. The molecular weight excluding hydrogens is 378 g/mol. The fourth-order valence-corrected chi connectivity index (χ4v) is 3.78. The number of thioether (sulfide) groups is 1. The Balaban J connectivity index is 1.83. The van der Waals surface area contributed by atoms with Gasteiger partial charge >= 0.3 is 12.4 Å². The van der Waals surface area contributed by atoms with Gasteiger partial charge in [0.1, 0.15) is 12.4 Å². The molecule has 3 rings (SSSR count). The molecule has 0 saturated carbocycles. The molecule has 0 radical (unpaired) electrons. The number of fused-ring (bicyclic) bond motifs is 1. The predicted octanol–water partition coefficient (Wildman–Crippen LogP) is 6.34. The zero-order valence-corrected chi connectivity index (χ0v) is 14.2. The summed E-state index contributed by atoms with van der Waals surface area (Å²) in [5, 5.41) is 0. The van der Waals surface area contributed by atoms with Gasteiger partial charge in [0.25, 0.3) is 0 Å². The van der Waals surface area contributed by atoms with Gasteiger partial charge in [-0.25, -0.2) is 0 Å². The Hall–Kier alpha value is -1.83. The van der Waals surface area contributed by atoms with Crippen LogP contribution in [-0.2, 0) is 25.4 Å². The molecule has 1 aliphatic rings. The van der Waals surface area contributed by atoms with Crippen molar-refractivity contribution < 1.29 is 31.1 Å². The van der Waals surface area contributed by atoms with Crippen molar-refractivity contribution in [2.75, 3.05) is 5.75 Å². The molecule has 0 saturated heterocycles. The Morgan fingerprint density at radius 3 is 2.38 bits per heavy atom. The van der Waals surface area contributed by atoms with Crippen molar-refractivity contribution in [2.45, 2.75) is 36.7 Å².